The third-order valence-corrected chi connectivity index (χ3v) is 15.1. The first-order valence-electron chi connectivity index (χ1n) is 24.9. The number of methoxy groups -OCH3 is 3. The van der Waals surface area contributed by atoms with Gasteiger partial charge < -0.3 is 58.4 Å². The van der Waals surface area contributed by atoms with E-state index in [2.05, 4.69) is 4.90 Å². The molecule has 1 saturated carbocycles. The summed E-state index contributed by atoms with van der Waals surface area (Å²) in [6.07, 6.45) is 5.61. The Morgan fingerprint density at radius 2 is 1.54 bits per heavy atom. The number of nitrogens with zero attached hydrogens (tertiary/aromatic N) is 3. The fourth-order valence-corrected chi connectivity index (χ4v) is 10.9. The summed E-state index contributed by atoms with van der Waals surface area (Å²) in [4.78, 5) is 75.8. The minimum atomic E-state index is -2.55. The number of allylic oxidation sites excluding steroid dienone is 4. The van der Waals surface area contributed by atoms with Gasteiger partial charge in [-0.15, -0.1) is 0 Å². The number of ketones is 2. The second-order valence-corrected chi connectivity index (χ2v) is 20.3. The summed E-state index contributed by atoms with van der Waals surface area (Å²) in [5, 5.41) is 33.6. The van der Waals surface area contributed by atoms with Gasteiger partial charge in [0.25, 0.3) is 11.7 Å². The molecule has 68 heavy (non-hydrogen) atoms. The number of hydrogen-bond acceptors (Lipinski definition) is 15. The number of esters is 1. The summed E-state index contributed by atoms with van der Waals surface area (Å²) in [5.41, 5.74) is 1.53. The number of likely N-dealkylation sites (N-methyl/N-ethyl adjacent to an activating group) is 1. The second-order valence-electron chi connectivity index (χ2n) is 20.3. The molecule has 5 rings (SSSR count). The molecule has 17 nitrogen and oxygen atoms in total. The van der Waals surface area contributed by atoms with Crippen LogP contribution >= 0.6 is 0 Å². The third-order valence-electron chi connectivity index (χ3n) is 15.1. The predicted molar refractivity (Wildman–Crippen MR) is 252 cm³/mol. The standard InChI is InChI=1S/C51H81N3O14/c1-31-24-32(2)26-43(64-8)46-44(65-9)28-34(4)51(62,68-46)47(58)48(59)54-18-12-10-15-38(54)49(60)67-45(35(5)39(56)30-40(57)37(25-31)14-11-13-23-55)33(3)27-36-16-17-41(42(29-36)63-7)66-50(61)53-21-19-52(6)20-22-53/h11,13,25,27,32,34-39,41-46,55-56,62H,10,12,14-24,26,28-30H2,1-9H3/b13-11+,31-25+,33-27+/t32-,34+,35+,36-,37+,38-,39-,41+,42+,43-,44-,45+,46+,51+/m0/s1. The minimum absolute atomic E-state index is 0.0374. The van der Waals surface area contributed by atoms with Crippen molar-refractivity contribution in [2.75, 3.05) is 67.7 Å². The number of Topliss-reactive ketones (excluding diaryl/α,β-unsaturated/α-hetero) is 2. The first-order valence-corrected chi connectivity index (χ1v) is 24.9. The molecule has 4 aliphatic heterocycles. The number of hydrogen-bond donors (Lipinski definition) is 3. The number of fused-ring (bicyclic) bond motifs is 3. The van der Waals surface area contributed by atoms with Crippen LogP contribution in [0.2, 0.25) is 0 Å². The van der Waals surface area contributed by atoms with E-state index in [1.165, 1.54) is 19.1 Å². The monoisotopic (exact) mass is 960 g/mol. The zero-order valence-corrected chi connectivity index (χ0v) is 42.0. The number of cyclic esters (lactones) is 1. The Morgan fingerprint density at radius 1 is 0.868 bits per heavy atom. The lowest BCUT2D eigenvalue weighted by atomic mass is 9.81. The highest BCUT2D eigenvalue weighted by Gasteiger charge is 2.56. The van der Waals surface area contributed by atoms with E-state index in [1.807, 2.05) is 40.0 Å². The summed E-state index contributed by atoms with van der Waals surface area (Å²) in [6, 6.07) is -1.19. The highest BCUT2D eigenvalue weighted by Crippen LogP contribution is 2.39. The Morgan fingerprint density at radius 3 is 2.21 bits per heavy atom. The van der Waals surface area contributed by atoms with E-state index < -0.39 is 90.0 Å². The predicted octanol–water partition coefficient (Wildman–Crippen LogP) is 4.39. The lowest BCUT2D eigenvalue weighted by molar-refractivity contribution is -0.302. The normalized spacial score (nSPS) is 38.0. The number of amides is 2. The van der Waals surface area contributed by atoms with Gasteiger partial charge in [0.05, 0.1) is 31.0 Å². The zero-order valence-electron chi connectivity index (χ0n) is 42.0. The third kappa shape index (κ3) is 13.9. The molecule has 4 fully saturated rings. The molecular weight excluding hydrogens is 879 g/mol. The molecule has 17 heteroatoms. The van der Waals surface area contributed by atoms with Crippen LogP contribution in [0.25, 0.3) is 0 Å². The van der Waals surface area contributed by atoms with Gasteiger partial charge in [0, 0.05) is 78.2 Å². The molecule has 1 aliphatic carbocycles. The van der Waals surface area contributed by atoms with Crippen molar-refractivity contribution in [2.45, 2.75) is 160 Å². The van der Waals surface area contributed by atoms with Crippen molar-refractivity contribution in [1.82, 2.24) is 14.7 Å². The molecule has 0 aromatic rings. The Balaban J connectivity index is 1.49. The maximum Gasteiger partial charge on any atom is 0.410 e. The lowest BCUT2D eigenvalue weighted by Gasteiger charge is -2.47. The summed E-state index contributed by atoms with van der Waals surface area (Å²) in [5.74, 6) is -8.24. The van der Waals surface area contributed by atoms with Crippen LogP contribution in [0.15, 0.2) is 35.5 Å². The number of piperazine rings is 1. The van der Waals surface area contributed by atoms with E-state index in [0.717, 1.165) is 18.7 Å². The van der Waals surface area contributed by atoms with Crippen LogP contribution in [0.5, 0.6) is 0 Å². The molecule has 0 spiro atoms. The topological polar surface area (TPSA) is 211 Å². The van der Waals surface area contributed by atoms with Crippen molar-refractivity contribution in [2.24, 2.45) is 29.6 Å². The average molecular weight is 960 g/mol. The van der Waals surface area contributed by atoms with Gasteiger partial charge in [-0.25, -0.2) is 9.59 Å². The van der Waals surface area contributed by atoms with Crippen LogP contribution in [-0.2, 0) is 47.6 Å². The molecule has 2 bridgehead atoms. The number of carbonyl (C=O) groups excluding carboxylic acids is 5. The largest absolute Gasteiger partial charge is 0.456 e. The van der Waals surface area contributed by atoms with Crippen molar-refractivity contribution in [3.63, 3.8) is 0 Å². The van der Waals surface area contributed by atoms with Gasteiger partial charge in [-0.2, -0.15) is 0 Å². The molecule has 0 aromatic heterocycles. The van der Waals surface area contributed by atoms with E-state index in [0.29, 0.717) is 70.0 Å². The Hall–Kier alpha value is -3.55. The highest BCUT2D eigenvalue weighted by molar-refractivity contribution is 6.39. The maximum atomic E-state index is 14.6. The molecular formula is C51H81N3O14. The van der Waals surface area contributed by atoms with Crippen LogP contribution in [0.3, 0.4) is 0 Å². The van der Waals surface area contributed by atoms with E-state index in [1.54, 1.807) is 38.0 Å². The van der Waals surface area contributed by atoms with Crippen LogP contribution < -0.4 is 0 Å². The van der Waals surface area contributed by atoms with Gasteiger partial charge in [0.2, 0.25) is 5.79 Å². The molecule has 0 radical (unpaired) electrons. The van der Waals surface area contributed by atoms with Crippen molar-refractivity contribution < 1.29 is 67.7 Å². The number of rotatable bonds is 9. The molecule has 2 amide bonds. The molecule has 14 atom stereocenters. The molecule has 3 N–H and O–H groups in total. The number of aliphatic hydroxyl groups excluding tert-OH is 2. The fourth-order valence-electron chi connectivity index (χ4n) is 10.9. The number of piperidine rings is 1. The van der Waals surface area contributed by atoms with E-state index in [4.69, 9.17) is 28.4 Å². The smallest absolute Gasteiger partial charge is 0.410 e. The molecule has 4 heterocycles. The summed E-state index contributed by atoms with van der Waals surface area (Å²) >= 11 is 0. The van der Waals surface area contributed by atoms with Gasteiger partial charge in [-0.1, -0.05) is 50.6 Å². The first kappa shape index (κ1) is 55.4. The quantitative estimate of drug-likeness (QED) is 0.166. The van der Waals surface area contributed by atoms with Crippen molar-refractivity contribution in [3.8, 4) is 0 Å². The van der Waals surface area contributed by atoms with Crippen LogP contribution in [0.1, 0.15) is 105 Å². The van der Waals surface area contributed by atoms with Crippen LogP contribution in [-0.4, -0.2) is 182 Å². The molecule has 5 aliphatic rings. The van der Waals surface area contributed by atoms with E-state index in [9.17, 15) is 39.3 Å². The Kier molecular flexibility index (Phi) is 20.8. The second kappa shape index (κ2) is 25.5. The Labute approximate surface area is 403 Å². The average Bonchev–Trinajstić information content (AvgIpc) is 3.32. The fraction of sp³-hybridized carbons (Fsp3) is 0.784. The van der Waals surface area contributed by atoms with Gasteiger partial charge in [-0.05, 0) is 103 Å². The molecule has 3 saturated heterocycles. The lowest BCUT2D eigenvalue weighted by Crippen LogP contribution is -2.64. The maximum absolute atomic E-state index is 14.6. The highest BCUT2D eigenvalue weighted by atomic mass is 16.7. The van der Waals surface area contributed by atoms with Crippen molar-refractivity contribution in [3.05, 3.63) is 35.5 Å². The zero-order chi connectivity index (χ0) is 49.9. The minimum Gasteiger partial charge on any atom is -0.456 e. The summed E-state index contributed by atoms with van der Waals surface area (Å²) in [7, 11) is 6.64. The van der Waals surface area contributed by atoms with Gasteiger partial charge >= 0.3 is 12.1 Å². The SMILES string of the molecule is CO[C@H]1C[C@@H](C)C/C(C)=C/[C@@H](C/C=C/CO)C(=O)C[C@H](O)[C@@H](C)[C@@H](/C(C)=C/[C@@H]2CC[C@@H](OC(=O)N3CCN(C)CC3)[C@H](OC)C2)OC(=O)[C@@H]2CCCCN2C(=O)C(=O)[C@]2(O)O[C@H]1[C@@H](OC)C[C@H]2C. The van der Waals surface area contributed by atoms with E-state index >= 15 is 0 Å². The van der Waals surface area contributed by atoms with E-state index in [-0.39, 0.29) is 56.1 Å². The van der Waals surface area contributed by atoms with Gasteiger partial charge in [0.15, 0.2) is 0 Å². The number of ether oxygens (including phenoxy) is 6. The summed E-state index contributed by atoms with van der Waals surface area (Å²) in [6.45, 7) is 11.7. The van der Waals surface area contributed by atoms with Crippen LogP contribution in [0.4, 0.5) is 4.79 Å². The summed E-state index contributed by atoms with van der Waals surface area (Å²) < 4.78 is 36.3. The van der Waals surface area contributed by atoms with Crippen molar-refractivity contribution in [1.29, 1.82) is 0 Å². The van der Waals surface area contributed by atoms with Crippen molar-refractivity contribution >= 4 is 29.5 Å². The molecule has 0 aromatic carbocycles. The van der Waals surface area contributed by atoms with Gasteiger partial charge in [-0.3, -0.25) is 14.4 Å². The molecule has 384 valence electrons. The number of aliphatic hydroxyl groups is 3. The molecule has 0 unspecified atom stereocenters. The number of carbonyl (C=O) groups is 5. The van der Waals surface area contributed by atoms with Crippen LogP contribution in [0, 0.1) is 29.6 Å². The Bertz CT molecular complexity index is 1810. The van der Waals surface area contributed by atoms with Gasteiger partial charge in [0.1, 0.15) is 30.1 Å². The first-order chi connectivity index (χ1) is 32.3.